The number of halogens is 3. The third kappa shape index (κ3) is 4.86. The molecule has 0 bridgehead atoms. The summed E-state index contributed by atoms with van der Waals surface area (Å²) in [6.07, 6.45) is 1.57. The highest BCUT2D eigenvalue weighted by Crippen LogP contribution is 2.34. The summed E-state index contributed by atoms with van der Waals surface area (Å²) in [7, 11) is 0. The van der Waals surface area contributed by atoms with Gasteiger partial charge in [-0.25, -0.2) is 0 Å². The van der Waals surface area contributed by atoms with Crippen molar-refractivity contribution in [1.29, 1.82) is 5.41 Å². The summed E-state index contributed by atoms with van der Waals surface area (Å²) in [5, 5.41) is 8.55. The first-order valence-corrected chi connectivity index (χ1v) is 7.41. The molecule has 0 atom stereocenters. The van der Waals surface area contributed by atoms with Crippen molar-refractivity contribution in [1.82, 2.24) is 0 Å². The van der Waals surface area contributed by atoms with Crippen LogP contribution in [0.15, 0.2) is 16.6 Å². The fourth-order valence-electron chi connectivity index (χ4n) is 1.45. The summed E-state index contributed by atoms with van der Waals surface area (Å²) in [5.41, 5.74) is 5.22. The smallest absolute Gasteiger partial charge is 0.139 e. The lowest BCUT2D eigenvalue weighted by molar-refractivity contribution is 0.287. The number of ether oxygens (including phenoxy) is 1. The Morgan fingerprint density at radius 2 is 2.00 bits per heavy atom. The molecular weight excluding hydrogens is 351 g/mol. The maximum Gasteiger partial charge on any atom is 0.139 e. The summed E-state index contributed by atoms with van der Waals surface area (Å²) < 4.78 is 6.34. The molecule has 6 heteroatoms. The van der Waals surface area contributed by atoms with Crippen LogP contribution in [0.1, 0.15) is 26.7 Å². The molecule has 0 heterocycles. The van der Waals surface area contributed by atoms with Crippen molar-refractivity contribution in [2.75, 3.05) is 6.61 Å². The average Bonchev–Trinajstić information content (AvgIpc) is 2.30. The summed E-state index contributed by atoms with van der Waals surface area (Å²) in [6, 6.07) is 3.39. The molecule has 1 aromatic carbocycles. The Morgan fingerprint density at radius 1 is 1.37 bits per heavy atom. The minimum Gasteiger partial charge on any atom is -0.492 e. The minimum absolute atomic E-state index is 0.192. The van der Waals surface area contributed by atoms with E-state index in [0.29, 0.717) is 22.4 Å². The topological polar surface area (TPSA) is 59.1 Å². The van der Waals surface area contributed by atoms with Crippen molar-refractivity contribution in [2.45, 2.75) is 26.7 Å². The van der Waals surface area contributed by atoms with E-state index in [9.17, 15) is 0 Å². The van der Waals surface area contributed by atoms with Crippen molar-refractivity contribution in [2.24, 2.45) is 11.1 Å². The maximum absolute atomic E-state index is 7.48. The van der Waals surface area contributed by atoms with E-state index in [0.717, 1.165) is 17.3 Å². The number of nitrogens with one attached hydrogen (secondary N) is 1. The van der Waals surface area contributed by atoms with Gasteiger partial charge in [0.15, 0.2) is 0 Å². The first-order chi connectivity index (χ1) is 8.74. The molecule has 3 nitrogen and oxygen atoms in total. The lowest BCUT2D eigenvalue weighted by Gasteiger charge is -2.22. The van der Waals surface area contributed by atoms with Gasteiger partial charge >= 0.3 is 0 Å². The molecule has 19 heavy (non-hydrogen) atoms. The lowest BCUT2D eigenvalue weighted by atomic mass is 9.87. The van der Waals surface area contributed by atoms with Gasteiger partial charge in [-0.2, -0.15) is 0 Å². The average molecular weight is 368 g/mol. The van der Waals surface area contributed by atoms with E-state index < -0.39 is 0 Å². The van der Waals surface area contributed by atoms with Crippen LogP contribution in [-0.2, 0) is 0 Å². The molecular formula is C13H17BrCl2N2O. The molecule has 0 saturated heterocycles. The minimum atomic E-state index is -0.301. The van der Waals surface area contributed by atoms with Gasteiger partial charge in [-0.05, 0) is 34.8 Å². The molecule has 0 aliphatic carbocycles. The van der Waals surface area contributed by atoms with Gasteiger partial charge in [-0.15, -0.1) is 0 Å². The van der Waals surface area contributed by atoms with Gasteiger partial charge in [-0.1, -0.05) is 37.0 Å². The molecule has 0 radical (unpaired) electrons. The highest BCUT2D eigenvalue weighted by Gasteiger charge is 2.20. The predicted molar refractivity (Wildman–Crippen MR) is 84.6 cm³/mol. The number of amidine groups is 1. The third-order valence-corrected chi connectivity index (χ3v) is 4.40. The van der Waals surface area contributed by atoms with Crippen molar-refractivity contribution >= 4 is 45.0 Å². The maximum atomic E-state index is 7.48. The molecule has 1 rings (SSSR count). The largest absolute Gasteiger partial charge is 0.492 e. The fourth-order valence-corrected chi connectivity index (χ4v) is 2.29. The van der Waals surface area contributed by atoms with E-state index in [1.807, 2.05) is 13.8 Å². The Bertz CT molecular complexity index is 478. The zero-order valence-electron chi connectivity index (χ0n) is 10.9. The molecule has 0 aromatic heterocycles. The standard InChI is InChI=1S/C13H17BrCl2N2O/c1-13(2,12(17)18)4-3-5-19-11-7-9(15)8(14)6-10(11)16/h6-7H,3-5H2,1-2H3,(H3,17,18). The second-order valence-corrected chi connectivity index (χ2v) is 6.62. The van der Waals surface area contributed by atoms with Gasteiger partial charge in [0.25, 0.3) is 0 Å². The Hall–Kier alpha value is -0.450. The van der Waals surface area contributed by atoms with Crippen molar-refractivity contribution < 1.29 is 4.74 Å². The Morgan fingerprint density at radius 3 is 2.58 bits per heavy atom. The number of nitrogens with two attached hydrogens (primary N) is 1. The molecule has 0 saturated carbocycles. The van der Waals surface area contributed by atoms with Crippen LogP contribution in [0.4, 0.5) is 0 Å². The molecule has 0 spiro atoms. The second kappa shape index (κ2) is 6.82. The molecule has 1 aromatic rings. The Balaban J connectivity index is 2.51. The summed E-state index contributed by atoms with van der Waals surface area (Å²) >= 11 is 15.3. The summed E-state index contributed by atoms with van der Waals surface area (Å²) in [5.74, 6) is 0.757. The molecule has 0 unspecified atom stereocenters. The number of hydrogen-bond donors (Lipinski definition) is 2. The van der Waals surface area contributed by atoms with E-state index in [4.69, 9.17) is 39.1 Å². The van der Waals surface area contributed by atoms with Crippen LogP contribution >= 0.6 is 39.1 Å². The molecule has 0 aliphatic rings. The molecule has 0 fully saturated rings. The van der Waals surface area contributed by atoms with Crippen LogP contribution in [0.25, 0.3) is 0 Å². The zero-order valence-corrected chi connectivity index (χ0v) is 14.0. The van der Waals surface area contributed by atoms with Gasteiger partial charge in [0.2, 0.25) is 0 Å². The quantitative estimate of drug-likeness (QED) is 0.326. The van der Waals surface area contributed by atoms with E-state index in [1.54, 1.807) is 12.1 Å². The van der Waals surface area contributed by atoms with Crippen LogP contribution < -0.4 is 10.5 Å². The van der Waals surface area contributed by atoms with E-state index >= 15 is 0 Å². The van der Waals surface area contributed by atoms with Crippen LogP contribution in [-0.4, -0.2) is 12.4 Å². The van der Waals surface area contributed by atoms with Gasteiger partial charge in [0.1, 0.15) is 5.75 Å². The van der Waals surface area contributed by atoms with Crippen LogP contribution in [0, 0.1) is 10.8 Å². The Labute approximate surface area is 132 Å². The van der Waals surface area contributed by atoms with Gasteiger partial charge in [-0.3, -0.25) is 5.41 Å². The first kappa shape index (κ1) is 16.6. The highest BCUT2D eigenvalue weighted by molar-refractivity contribution is 9.10. The highest BCUT2D eigenvalue weighted by atomic mass is 79.9. The summed E-state index contributed by atoms with van der Waals surface area (Å²) in [6.45, 7) is 4.39. The predicted octanol–water partition coefficient (Wildman–Crippen LogP) is 4.88. The second-order valence-electron chi connectivity index (χ2n) is 4.95. The van der Waals surface area contributed by atoms with Gasteiger partial charge in [0.05, 0.1) is 22.5 Å². The van der Waals surface area contributed by atoms with Crippen LogP contribution in [0.5, 0.6) is 5.75 Å². The number of benzene rings is 1. The van der Waals surface area contributed by atoms with E-state index in [2.05, 4.69) is 15.9 Å². The number of hydrogen-bond acceptors (Lipinski definition) is 2. The van der Waals surface area contributed by atoms with Crippen LogP contribution in [0.2, 0.25) is 10.0 Å². The van der Waals surface area contributed by atoms with Crippen LogP contribution in [0.3, 0.4) is 0 Å². The molecule has 106 valence electrons. The lowest BCUT2D eigenvalue weighted by Crippen LogP contribution is -2.31. The normalized spacial score (nSPS) is 11.4. The fraction of sp³-hybridized carbons (Fsp3) is 0.462. The first-order valence-electron chi connectivity index (χ1n) is 5.86. The van der Waals surface area contributed by atoms with Crippen molar-refractivity contribution in [3.63, 3.8) is 0 Å². The van der Waals surface area contributed by atoms with Crippen molar-refractivity contribution in [3.8, 4) is 5.75 Å². The third-order valence-electron chi connectivity index (χ3n) is 2.91. The van der Waals surface area contributed by atoms with Gasteiger partial charge < -0.3 is 10.5 Å². The number of rotatable bonds is 6. The SMILES string of the molecule is CC(C)(CCCOc1cc(Cl)c(Br)cc1Cl)C(=N)N. The summed E-state index contributed by atoms with van der Waals surface area (Å²) in [4.78, 5) is 0. The van der Waals surface area contributed by atoms with Crippen molar-refractivity contribution in [3.05, 3.63) is 26.7 Å². The Kier molecular flexibility index (Phi) is 5.96. The zero-order chi connectivity index (χ0) is 14.6. The van der Waals surface area contributed by atoms with E-state index in [1.165, 1.54) is 0 Å². The molecule has 0 amide bonds. The van der Waals surface area contributed by atoms with E-state index in [-0.39, 0.29) is 11.3 Å². The van der Waals surface area contributed by atoms with Gasteiger partial charge in [0, 0.05) is 16.0 Å². The molecule has 3 N–H and O–H groups in total. The monoisotopic (exact) mass is 366 g/mol. The molecule has 0 aliphatic heterocycles.